The smallest absolute Gasteiger partial charge is 0.273 e. The van der Waals surface area contributed by atoms with Gasteiger partial charge in [0.25, 0.3) is 5.19 Å². The summed E-state index contributed by atoms with van der Waals surface area (Å²) in [5.41, 5.74) is 1.07. The SMILES string of the molecule is CCCNCc1csc(OCC)n1. The Morgan fingerprint density at radius 1 is 1.54 bits per heavy atom. The highest BCUT2D eigenvalue weighted by molar-refractivity contribution is 7.11. The summed E-state index contributed by atoms with van der Waals surface area (Å²) in [4.78, 5) is 4.31. The fourth-order valence-corrected chi connectivity index (χ4v) is 1.68. The van der Waals surface area contributed by atoms with E-state index in [-0.39, 0.29) is 0 Å². The second kappa shape index (κ2) is 5.94. The molecule has 0 aliphatic rings. The molecule has 0 aliphatic heterocycles. The Labute approximate surface area is 83.1 Å². The predicted octanol–water partition coefficient (Wildman–Crippen LogP) is 2.04. The third-order valence-electron chi connectivity index (χ3n) is 1.53. The molecule has 74 valence electrons. The van der Waals surface area contributed by atoms with Crippen molar-refractivity contribution in [2.75, 3.05) is 13.2 Å². The lowest BCUT2D eigenvalue weighted by molar-refractivity contribution is 0.337. The normalized spacial score (nSPS) is 10.3. The first-order chi connectivity index (χ1) is 6.36. The highest BCUT2D eigenvalue weighted by atomic mass is 32.1. The minimum Gasteiger partial charge on any atom is -0.470 e. The third-order valence-corrected chi connectivity index (χ3v) is 2.33. The van der Waals surface area contributed by atoms with Crippen LogP contribution in [0.25, 0.3) is 0 Å². The van der Waals surface area contributed by atoms with Crippen molar-refractivity contribution < 1.29 is 4.74 Å². The Balaban J connectivity index is 2.31. The van der Waals surface area contributed by atoms with Gasteiger partial charge in [-0.25, -0.2) is 4.98 Å². The predicted molar refractivity (Wildman–Crippen MR) is 55.3 cm³/mol. The molecule has 0 aliphatic carbocycles. The minimum atomic E-state index is 0.690. The van der Waals surface area contributed by atoms with Crippen LogP contribution < -0.4 is 10.1 Å². The summed E-state index contributed by atoms with van der Waals surface area (Å²) in [5, 5.41) is 6.10. The zero-order valence-electron chi connectivity index (χ0n) is 8.17. The van der Waals surface area contributed by atoms with Gasteiger partial charge in [0.05, 0.1) is 12.3 Å². The van der Waals surface area contributed by atoms with Gasteiger partial charge < -0.3 is 10.1 Å². The number of nitrogens with one attached hydrogen (secondary N) is 1. The van der Waals surface area contributed by atoms with Crippen LogP contribution in [0, 0.1) is 0 Å². The van der Waals surface area contributed by atoms with Gasteiger partial charge in [-0.05, 0) is 19.9 Å². The summed E-state index contributed by atoms with van der Waals surface area (Å²) >= 11 is 1.56. The summed E-state index contributed by atoms with van der Waals surface area (Å²) in [6.07, 6.45) is 1.16. The zero-order chi connectivity index (χ0) is 9.52. The molecule has 1 aromatic rings. The number of ether oxygens (including phenoxy) is 1. The largest absolute Gasteiger partial charge is 0.470 e. The Morgan fingerprint density at radius 3 is 3.08 bits per heavy atom. The standard InChI is InChI=1S/C9H16N2OS/c1-3-5-10-6-8-7-13-9(11-8)12-4-2/h7,10H,3-6H2,1-2H3. The Hall–Kier alpha value is -0.610. The first kappa shape index (κ1) is 10.5. The van der Waals surface area contributed by atoms with Gasteiger partial charge in [0.2, 0.25) is 0 Å². The topological polar surface area (TPSA) is 34.1 Å². The molecule has 0 aromatic carbocycles. The second-order valence-corrected chi connectivity index (χ2v) is 3.54. The van der Waals surface area contributed by atoms with Crippen molar-refractivity contribution in [3.05, 3.63) is 11.1 Å². The molecule has 1 heterocycles. The molecule has 0 saturated heterocycles. The maximum Gasteiger partial charge on any atom is 0.273 e. The van der Waals surface area contributed by atoms with E-state index >= 15 is 0 Å². The van der Waals surface area contributed by atoms with E-state index in [1.54, 1.807) is 11.3 Å². The van der Waals surface area contributed by atoms with Crippen molar-refractivity contribution in [1.29, 1.82) is 0 Å². The Bertz CT molecular complexity index is 237. The molecular formula is C9H16N2OS. The fraction of sp³-hybridized carbons (Fsp3) is 0.667. The average molecular weight is 200 g/mol. The summed E-state index contributed by atoms with van der Waals surface area (Å²) in [5.74, 6) is 0. The van der Waals surface area contributed by atoms with Crippen molar-refractivity contribution in [3.63, 3.8) is 0 Å². The van der Waals surface area contributed by atoms with E-state index in [1.807, 2.05) is 12.3 Å². The van der Waals surface area contributed by atoms with Crippen LogP contribution in [0.4, 0.5) is 0 Å². The number of hydrogen-bond donors (Lipinski definition) is 1. The maximum absolute atomic E-state index is 5.27. The van der Waals surface area contributed by atoms with Gasteiger partial charge >= 0.3 is 0 Å². The molecular weight excluding hydrogens is 184 g/mol. The van der Waals surface area contributed by atoms with E-state index < -0.39 is 0 Å². The Morgan fingerprint density at radius 2 is 2.38 bits per heavy atom. The minimum absolute atomic E-state index is 0.690. The third kappa shape index (κ3) is 3.74. The van der Waals surface area contributed by atoms with Crippen LogP contribution in [0.1, 0.15) is 26.0 Å². The number of aromatic nitrogens is 1. The molecule has 0 saturated carbocycles. The first-order valence-electron chi connectivity index (χ1n) is 4.64. The second-order valence-electron chi connectivity index (χ2n) is 2.71. The van der Waals surface area contributed by atoms with Crippen molar-refractivity contribution in [3.8, 4) is 5.19 Å². The summed E-state index contributed by atoms with van der Waals surface area (Å²) in [6, 6.07) is 0. The van der Waals surface area contributed by atoms with E-state index in [0.717, 1.165) is 30.4 Å². The van der Waals surface area contributed by atoms with Crippen LogP contribution in [0.15, 0.2) is 5.38 Å². The van der Waals surface area contributed by atoms with E-state index in [4.69, 9.17) is 4.74 Å². The van der Waals surface area contributed by atoms with E-state index in [9.17, 15) is 0 Å². The molecule has 0 amide bonds. The lowest BCUT2D eigenvalue weighted by Crippen LogP contribution is -2.13. The van der Waals surface area contributed by atoms with E-state index in [1.165, 1.54) is 0 Å². The molecule has 0 unspecified atom stereocenters. The molecule has 0 fully saturated rings. The van der Waals surface area contributed by atoms with Gasteiger partial charge in [0.1, 0.15) is 0 Å². The van der Waals surface area contributed by atoms with Crippen LogP contribution in [0.2, 0.25) is 0 Å². The summed E-state index contributed by atoms with van der Waals surface area (Å²) in [7, 11) is 0. The average Bonchev–Trinajstić information content (AvgIpc) is 2.54. The molecule has 4 heteroatoms. The van der Waals surface area contributed by atoms with Crippen LogP contribution >= 0.6 is 11.3 Å². The summed E-state index contributed by atoms with van der Waals surface area (Å²) < 4.78 is 5.27. The van der Waals surface area contributed by atoms with Gasteiger partial charge in [-0.3, -0.25) is 0 Å². The molecule has 1 N–H and O–H groups in total. The monoisotopic (exact) mass is 200 g/mol. The highest BCUT2D eigenvalue weighted by Gasteiger charge is 2.00. The first-order valence-corrected chi connectivity index (χ1v) is 5.52. The maximum atomic E-state index is 5.27. The van der Waals surface area contributed by atoms with Gasteiger partial charge in [0, 0.05) is 11.9 Å². The van der Waals surface area contributed by atoms with Crippen LogP contribution in [-0.2, 0) is 6.54 Å². The number of thiazole rings is 1. The number of hydrogen-bond acceptors (Lipinski definition) is 4. The van der Waals surface area contributed by atoms with Crippen molar-refractivity contribution >= 4 is 11.3 Å². The van der Waals surface area contributed by atoms with E-state index in [2.05, 4.69) is 17.2 Å². The lowest BCUT2D eigenvalue weighted by Gasteiger charge is -1.98. The zero-order valence-corrected chi connectivity index (χ0v) is 8.99. The van der Waals surface area contributed by atoms with Crippen LogP contribution in [0.3, 0.4) is 0 Å². The molecule has 3 nitrogen and oxygen atoms in total. The van der Waals surface area contributed by atoms with Gasteiger partial charge in [-0.15, -0.1) is 0 Å². The van der Waals surface area contributed by atoms with Crippen LogP contribution in [-0.4, -0.2) is 18.1 Å². The lowest BCUT2D eigenvalue weighted by atomic mass is 10.4. The van der Waals surface area contributed by atoms with Gasteiger partial charge in [0.15, 0.2) is 0 Å². The molecule has 0 radical (unpaired) electrons. The van der Waals surface area contributed by atoms with E-state index in [0.29, 0.717) is 6.61 Å². The van der Waals surface area contributed by atoms with Crippen LogP contribution in [0.5, 0.6) is 5.19 Å². The molecule has 13 heavy (non-hydrogen) atoms. The van der Waals surface area contributed by atoms with Crippen molar-refractivity contribution in [1.82, 2.24) is 10.3 Å². The molecule has 1 rings (SSSR count). The number of rotatable bonds is 6. The fourth-order valence-electron chi connectivity index (χ4n) is 0.953. The molecule has 0 bridgehead atoms. The molecule has 0 atom stereocenters. The summed E-state index contributed by atoms with van der Waals surface area (Å²) in [6.45, 7) is 6.70. The molecule has 1 aromatic heterocycles. The number of nitrogens with zero attached hydrogens (tertiary/aromatic N) is 1. The van der Waals surface area contributed by atoms with Crippen molar-refractivity contribution in [2.24, 2.45) is 0 Å². The quantitative estimate of drug-likeness (QED) is 0.714. The van der Waals surface area contributed by atoms with Gasteiger partial charge in [-0.1, -0.05) is 18.3 Å². The highest BCUT2D eigenvalue weighted by Crippen LogP contribution is 2.17. The van der Waals surface area contributed by atoms with Crippen molar-refractivity contribution in [2.45, 2.75) is 26.8 Å². The van der Waals surface area contributed by atoms with Gasteiger partial charge in [-0.2, -0.15) is 0 Å². The Kier molecular flexibility index (Phi) is 4.78. The molecule has 0 spiro atoms.